The molecule has 1 aromatic rings. The lowest BCUT2D eigenvalue weighted by molar-refractivity contribution is 0.0812. The maximum Gasteiger partial charge on any atom is 0.251 e. The fraction of sp³-hybridized carbons (Fsp3) is 0.562. The third-order valence-corrected chi connectivity index (χ3v) is 3.81. The zero-order valence-corrected chi connectivity index (χ0v) is 12.1. The maximum atomic E-state index is 12.1. The van der Waals surface area contributed by atoms with Gasteiger partial charge in [0.25, 0.3) is 5.91 Å². The average Bonchev–Trinajstić information content (AvgIpc) is 2.39. The zero-order valence-electron chi connectivity index (χ0n) is 12.1. The minimum Gasteiger partial charge on any atom is -0.349 e. The Kier molecular flexibility index (Phi) is 4.25. The first kappa shape index (κ1) is 14.1. The van der Waals surface area contributed by atoms with Crippen molar-refractivity contribution in [2.75, 3.05) is 13.1 Å². The lowest BCUT2D eigenvalue weighted by Crippen LogP contribution is -2.50. The Morgan fingerprint density at radius 2 is 1.74 bits per heavy atom. The molecular formula is C16H24N2O. The average molecular weight is 260 g/mol. The van der Waals surface area contributed by atoms with Gasteiger partial charge in [0.15, 0.2) is 0 Å². The second kappa shape index (κ2) is 5.74. The highest BCUT2D eigenvalue weighted by Gasteiger charge is 2.27. The van der Waals surface area contributed by atoms with E-state index in [9.17, 15) is 4.79 Å². The number of hydrogen-bond donors (Lipinski definition) is 1. The summed E-state index contributed by atoms with van der Waals surface area (Å²) < 4.78 is 0. The summed E-state index contributed by atoms with van der Waals surface area (Å²) >= 11 is 0. The summed E-state index contributed by atoms with van der Waals surface area (Å²) in [5.41, 5.74) is 0.981. The van der Waals surface area contributed by atoms with Crippen molar-refractivity contribution in [1.29, 1.82) is 0 Å². The Hall–Kier alpha value is -1.35. The number of piperidine rings is 1. The monoisotopic (exact) mass is 260 g/mol. The molecule has 3 nitrogen and oxygen atoms in total. The van der Waals surface area contributed by atoms with E-state index in [1.807, 2.05) is 30.3 Å². The van der Waals surface area contributed by atoms with E-state index in [0.717, 1.165) is 31.5 Å². The molecule has 1 amide bonds. The van der Waals surface area contributed by atoms with Crippen LogP contribution in [-0.4, -0.2) is 35.5 Å². The van der Waals surface area contributed by atoms with E-state index in [0.29, 0.717) is 6.04 Å². The van der Waals surface area contributed by atoms with E-state index >= 15 is 0 Å². The van der Waals surface area contributed by atoms with Gasteiger partial charge in [-0.25, -0.2) is 0 Å². The van der Waals surface area contributed by atoms with Crippen molar-refractivity contribution in [2.45, 2.75) is 45.2 Å². The van der Waals surface area contributed by atoms with E-state index in [4.69, 9.17) is 0 Å². The van der Waals surface area contributed by atoms with E-state index in [-0.39, 0.29) is 11.4 Å². The van der Waals surface area contributed by atoms with Crippen LogP contribution in [0.1, 0.15) is 44.0 Å². The Morgan fingerprint density at radius 1 is 1.16 bits per heavy atom. The molecule has 3 heteroatoms. The highest BCUT2D eigenvalue weighted by Crippen LogP contribution is 2.20. The molecule has 0 radical (unpaired) electrons. The van der Waals surface area contributed by atoms with Gasteiger partial charge in [-0.1, -0.05) is 18.2 Å². The van der Waals surface area contributed by atoms with Crippen molar-refractivity contribution in [3.05, 3.63) is 35.9 Å². The third kappa shape index (κ3) is 3.80. The fourth-order valence-electron chi connectivity index (χ4n) is 2.55. The number of carbonyl (C=O) groups is 1. The van der Waals surface area contributed by atoms with Gasteiger partial charge in [0.05, 0.1) is 0 Å². The van der Waals surface area contributed by atoms with Crippen LogP contribution in [0.3, 0.4) is 0 Å². The molecule has 1 heterocycles. The molecule has 0 aliphatic carbocycles. The van der Waals surface area contributed by atoms with Crippen LogP contribution in [0.5, 0.6) is 0 Å². The van der Waals surface area contributed by atoms with Crippen molar-refractivity contribution in [3.8, 4) is 0 Å². The largest absolute Gasteiger partial charge is 0.349 e. The van der Waals surface area contributed by atoms with E-state index in [1.54, 1.807) is 0 Å². The normalized spacial score (nSPS) is 18.3. The molecule has 1 saturated heterocycles. The molecule has 104 valence electrons. The Morgan fingerprint density at radius 3 is 2.26 bits per heavy atom. The molecule has 0 saturated carbocycles. The van der Waals surface area contributed by atoms with Gasteiger partial charge >= 0.3 is 0 Å². The second-order valence-electron chi connectivity index (χ2n) is 6.27. The van der Waals surface area contributed by atoms with Crippen LogP contribution >= 0.6 is 0 Å². The van der Waals surface area contributed by atoms with Gasteiger partial charge in [-0.2, -0.15) is 0 Å². The molecule has 0 bridgehead atoms. The second-order valence-corrected chi connectivity index (χ2v) is 6.27. The summed E-state index contributed by atoms with van der Waals surface area (Å²) in [5.74, 6) is 0.0507. The molecule has 1 aliphatic rings. The summed E-state index contributed by atoms with van der Waals surface area (Å²) in [6, 6.07) is 9.76. The van der Waals surface area contributed by atoms with E-state index < -0.39 is 0 Å². The van der Waals surface area contributed by atoms with Crippen LogP contribution in [-0.2, 0) is 0 Å². The number of nitrogens with zero attached hydrogens (tertiary/aromatic N) is 1. The van der Waals surface area contributed by atoms with Crippen LogP contribution in [0, 0.1) is 0 Å². The highest BCUT2D eigenvalue weighted by atomic mass is 16.1. The van der Waals surface area contributed by atoms with Gasteiger partial charge in [-0.15, -0.1) is 0 Å². The van der Waals surface area contributed by atoms with Crippen molar-refractivity contribution >= 4 is 5.91 Å². The molecule has 1 fully saturated rings. The SMILES string of the molecule is CC(C)(C)N1CCC(NC(=O)c2ccccc2)CC1. The first-order valence-electron chi connectivity index (χ1n) is 7.08. The Bertz CT molecular complexity index is 414. The number of hydrogen-bond acceptors (Lipinski definition) is 2. The topological polar surface area (TPSA) is 32.3 Å². The lowest BCUT2D eigenvalue weighted by Gasteiger charge is -2.41. The van der Waals surface area contributed by atoms with Crippen molar-refractivity contribution in [3.63, 3.8) is 0 Å². The maximum absolute atomic E-state index is 12.1. The summed E-state index contributed by atoms with van der Waals surface area (Å²) in [6.45, 7) is 8.86. The van der Waals surface area contributed by atoms with Gasteiger partial charge in [0.2, 0.25) is 0 Å². The molecule has 0 unspecified atom stereocenters. The van der Waals surface area contributed by atoms with Crippen LogP contribution < -0.4 is 5.32 Å². The first-order valence-corrected chi connectivity index (χ1v) is 7.08. The van der Waals surface area contributed by atoms with Crippen LogP contribution in [0.15, 0.2) is 30.3 Å². The molecule has 0 atom stereocenters. The minimum absolute atomic E-state index is 0.0507. The molecular weight excluding hydrogens is 236 g/mol. The molecule has 1 aromatic carbocycles. The van der Waals surface area contributed by atoms with Gasteiger partial charge in [0.1, 0.15) is 0 Å². The number of amides is 1. The number of carbonyl (C=O) groups excluding carboxylic acids is 1. The molecule has 0 spiro atoms. The molecule has 1 N–H and O–H groups in total. The summed E-state index contributed by atoms with van der Waals surface area (Å²) in [7, 11) is 0. The summed E-state index contributed by atoms with van der Waals surface area (Å²) in [5, 5.41) is 3.14. The van der Waals surface area contributed by atoms with E-state index in [1.165, 1.54) is 0 Å². The smallest absolute Gasteiger partial charge is 0.251 e. The third-order valence-electron chi connectivity index (χ3n) is 3.81. The van der Waals surface area contributed by atoms with Crippen LogP contribution in [0.4, 0.5) is 0 Å². The Labute approximate surface area is 116 Å². The molecule has 19 heavy (non-hydrogen) atoms. The highest BCUT2D eigenvalue weighted by molar-refractivity contribution is 5.94. The van der Waals surface area contributed by atoms with Gasteiger partial charge in [0, 0.05) is 30.2 Å². The van der Waals surface area contributed by atoms with Crippen LogP contribution in [0.2, 0.25) is 0 Å². The Balaban J connectivity index is 1.85. The van der Waals surface area contributed by atoms with Crippen LogP contribution in [0.25, 0.3) is 0 Å². The van der Waals surface area contributed by atoms with Gasteiger partial charge < -0.3 is 5.32 Å². The molecule has 2 rings (SSSR count). The lowest BCUT2D eigenvalue weighted by atomic mass is 9.98. The molecule has 0 aromatic heterocycles. The fourth-order valence-corrected chi connectivity index (χ4v) is 2.55. The van der Waals surface area contributed by atoms with Crippen molar-refractivity contribution in [2.24, 2.45) is 0 Å². The van der Waals surface area contributed by atoms with E-state index in [2.05, 4.69) is 31.0 Å². The van der Waals surface area contributed by atoms with Gasteiger partial charge in [-0.3, -0.25) is 9.69 Å². The van der Waals surface area contributed by atoms with Gasteiger partial charge in [-0.05, 0) is 45.7 Å². The predicted molar refractivity (Wildman–Crippen MR) is 78.3 cm³/mol. The first-order chi connectivity index (χ1) is 8.97. The summed E-state index contributed by atoms with van der Waals surface area (Å²) in [6.07, 6.45) is 2.08. The minimum atomic E-state index is 0.0507. The number of benzene rings is 1. The predicted octanol–water partition coefficient (Wildman–Crippen LogP) is 2.68. The summed E-state index contributed by atoms with van der Waals surface area (Å²) in [4.78, 5) is 14.6. The number of likely N-dealkylation sites (tertiary alicyclic amines) is 1. The zero-order chi connectivity index (χ0) is 13.9. The number of nitrogens with one attached hydrogen (secondary N) is 1. The van der Waals surface area contributed by atoms with Crippen molar-refractivity contribution in [1.82, 2.24) is 10.2 Å². The number of rotatable bonds is 2. The standard InChI is InChI=1S/C16H24N2O/c1-16(2,3)18-11-9-14(10-12-18)17-15(19)13-7-5-4-6-8-13/h4-8,14H,9-12H2,1-3H3,(H,17,19). The van der Waals surface area contributed by atoms with Crippen molar-refractivity contribution < 1.29 is 4.79 Å². The molecule has 1 aliphatic heterocycles. The quantitative estimate of drug-likeness (QED) is 0.886.